The maximum atomic E-state index is 8.79. The molecule has 0 radical (unpaired) electrons. The molecule has 1 aliphatic rings. The van der Waals surface area contributed by atoms with Gasteiger partial charge in [-0.25, -0.2) is 0 Å². The first-order valence-corrected chi connectivity index (χ1v) is 5.27. The van der Waals surface area contributed by atoms with Crippen molar-refractivity contribution in [1.29, 1.82) is 0 Å². The molecular weight excluding hydrogens is 174 g/mol. The van der Waals surface area contributed by atoms with Crippen LogP contribution >= 0.6 is 0 Å². The number of aliphatic hydroxyl groups excluding tert-OH is 1. The molecule has 0 spiro atoms. The van der Waals surface area contributed by atoms with Crippen molar-refractivity contribution in [3.63, 3.8) is 0 Å². The standard InChI is InChI=1S/C12H17NO/c1-10-6-8-13(10)12-4-2-11(3-5-12)7-9-14/h2-5,10,14H,6-9H2,1H3. The summed E-state index contributed by atoms with van der Waals surface area (Å²) in [5.41, 5.74) is 2.52. The van der Waals surface area contributed by atoms with Crippen LogP contribution in [-0.4, -0.2) is 24.3 Å². The maximum absolute atomic E-state index is 8.79. The van der Waals surface area contributed by atoms with E-state index in [1.54, 1.807) is 0 Å². The molecule has 0 bridgehead atoms. The second-order valence-electron chi connectivity index (χ2n) is 3.97. The Bertz CT molecular complexity index is 294. The third-order valence-corrected chi connectivity index (χ3v) is 2.99. The van der Waals surface area contributed by atoms with Gasteiger partial charge < -0.3 is 10.0 Å². The van der Waals surface area contributed by atoms with E-state index in [1.165, 1.54) is 24.2 Å². The number of aliphatic hydroxyl groups is 1. The minimum absolute atomic E-state index is 0.236. The average molecular weight is 191 g/mol. The predicted molar refractivity (Wildman–Crippen MR) is 58.7 cm³/mol. The van der Waals surface area contributed by atoms with E-state index in [2.05, 4.69) is 36.1 Å². The van der Waals surface area contributed by atoms with Crippen molar-refractivity contribution in [1.82, 2.24) is 0 Å². The topological polar surface area (TPSA) is 23.5 Å². The van der Waals surface area contributed by atoms with Crippen LogP contribution in [0.1, 0.15) is 18.9 Å². The Morgan fingerprint density at radius 3 is 2.50 bits per heavy atom. The van der Waals surface area contributed by atoms with E-state index in [1.807, 2.05) is 0 Å². The number of hydrogen-bond acceptors (Lipinski definition) is 2. The van der Waals surface area contributed by atoms with Crippen LogP contribution in [0.4, 0.5) is 5.69 Å². The Labute approximate surface area is 85.2 Å². The smallest absolute Gasteiger partial charge is 0.0471 e. The summed E-state index contributed by atoms with van der Waals surface area (Å²) in [7, 11) is 0. The van der Waals surface area contributed by atoms with Crippen molar-refractivity contribution in [2.75, 3.05) is 18.1 Å². The highest BCUT2D eigenvalue weighted by Gasteiger charge is 2.23. The number of benzene rings is 1. The van der Waals surface area contributed by atoms with Gasteiger partial charge in [0.05, 0.1) is 0 Å². The first kappa shape index (κ1) is 9.53. The molecule has 1 unspecified atom stereocenters. The van der Waals surface area contributed by atoms with Crippen molar-refractivity contribution >= 4 is 5.69 Å². The van der Waals surface area contributed by atoms with Crippen molar-refractivity contribution < 1.29 is 5.11 Å². The van der Waals surface area contributed by atoms with E-state index < -0.39 is 0 Å². The zero-order valence-electron chi connectivity index (χ0n) is 8.61. The molecule has 1 fully saturated rings. The molecule has 0 aliphatic carbocycles. The van der Waals surface area contributed by atoms with Gasteiger partial charge in [-0.2, -0.15) is 0 Å². The quantitative estimate of drug-likeness (QED) is 0.787. The zero-order chi connectivity index (χ0) is 9.97. The van der Waals surface area contributed by atoms with Crippen LogP contribution in [0.15, 0.2) is 24.3 Å². The van der Waals surface area contributed by atoms with Gasteiger partial charge in [0.15, 0.2) is 0 Å². The monoisotopic (exact) mass is 191 g/mol. The summed E-state index contributed by atoms with van der Waals surface area (Å²) in [4.78, 5) is 2.41. The van der Waals surface area contributed by atoms with Crippen molar-refractivity contribution in [3.8, 4) is 0 Å². The Morgan fingerprint density at radius 1 is 1.36 bits per heavy atom. The van der Waals surface area contributed by atoms with Gasteiger partial charge in [-0.3, -0.25) is 0 Å². The van der Waals surface area contributed by atoms with Gasteiger partial charge >= 0.3 is 0 Å². The van der Waals surface area contributed by atoms with Gasteiger partial charge in [-0.05, 0) is 37.5 Å². The number of anilines is 1. The zero-order valence-corrected chi connectivity index (χ0v) is 8.61. The fourth-order valence-corrected chi connectivity index (χ4v) is 1.88. The molecule has 1 aliphatic heterocycles. The second-order valence-corrected chi connectivity index (χ2v) is 3.97. The van der Waals surface area contributed by atoms with Gasteiger partial charge in [-0.1, -0.05) is 12.1 Å². The number of hydrogen-bond donors (Lipinski definition) is 1. The largest absolute Gasteiger partial charge is 0.396 e. The maximum Gasteiger partial charge on any atom is 0.0471 e. The van der Waals surface area contributed by atoms with E-state index in [-0.39, 0.29) is 6.61 Å². The van der Waals surface area contributed by atoms with E-state index in [9.17, 15) is 0 Å². The van der Waals surface area contributed by atoms with Crippen LogP contribution in [0, 0.1) is 0 Å². The summed E-state index contributed by atoms with van der Waals surface area (Å²) in [6.45, 7) is 3.67. The van der Waals surface area contributed by atoms with Gasteiger partial charge in [0.25, 0.3) is 0 Å². The molecule has 0 aromatic heterocycles. The molecule has 1 aromatic rings. The SMILES string of the molecule is CC1CCN1c1ccc(CCO)cc1. The third kappa shape index (κ3) is 1.75. The molecule has 2 heteroatoms. The van der Waals surface area contributed by atoms with E-state index in [0.717, 1.165) is 6.42 Å². The highest BCUT2D eigenvalue weighted by molar-refractivity contribution is 5.50. The molecule has 1 atom stereocenters. The van der Waals surface area contributed by atoms with E-state index in [4.69, 9.17) is 5.11 Å². The lowest BCUT2D eigenvalue weighted by Crippen LogP contribution is -2.45. The Balaban J connectivity index is 2.06. The van der Waals surface area contributed by atoms with Gasteiger partial charge in [-0.15, -0.1) is 0 Å². The highest BCUT2D eigenvalue weighted by atomic mass is 16.2. The molecule has 0 saturated carbocycles. The van der Waals surface area contributed by atoms with Crippen LogP contribution in [0.3, 0.4) is 0 Å². The molecule has 1 aromatic carbocycles. The van der Waals surface area contributed by atoms with Gasteiger partial charge in [0, 0.05) is 24.9 Å². The average Bonchev–Trinajstić information content (AvgIpc) is 2.19. The predicted octanol–water partition coefficient (Wildman–Crippen LogP) is 1.82. The molecule has 1 saturated heterocycles. The van der Waals surface area contributed by atoms with Crippen LogP contribution < -0.4 is 4.90 Å². The normalized spacial score (nSPS) is 20.7. The molecule has 76 valence electrons. The molecule has 14 heavy (non-hydrogen) atoms. The van der Waals surface area contributed by atoms with Crippen molar-refractivity contribution in [2.45, 2.75) is 25.8 Å². The number of rotatable bonds is 3. The van der Waals surface area contributed by atoms with Gasteiger partial charge in [0.1, 0.15) is 0 Å². The number of nitrogens with zero attached hydrogens (tertiary/aromatic N) is 1. The summed E-state index contributed by atoms with van der Waals surface area (Å²) < 4.78 is 0. The minimum Gasteiger partial charge on any atom is -0.396 e. The van der Waals surface area contributed by atoms with Crippen LogP contribution in [0.5, 0.6) is 0 Å². The van der Waals surface area contributed by atoms with Crippen molar-refractivity contribution in [3.05, 3.63) is 29.8 Å². The summed E-state index contributed by atoms with van der Waals surface area (Å²) in [6, 6.07) is 9.22. The summed E-state index contributed by atoms with van der Waals surface area (Å²) in [6.07, 6.45) is 2.06. The molecule has 1 heterocycles. The Kier molecular flexibility index (Phi) is 2.73. The van der Waals surface area contributed by atoms with Crippen LogP contribution in [0.25, 0.3) is 0 Å². The molecular formula is C12H17NO. The highest BCUT2D eigenvalue weighted by Crippen LogP contribution is 2.26. The minimum atomic E-state index is 0.236. The summed E-state index contributed by atoms with van der Waals surface area (Å²) in [5, 5.41) is 8.79. The van der Waals surface area contributed by atoms with Crippen molar-refractivity contribution in [2.24, 2.45) is 0 Å². The lowest BCUT2D eigenvalue weighted by atomic mass is 10.0. The lowest BCUT2D eigenvalue weighted by molar-refractivity contribution is 0.299. The lowest BCUT2D eigenvalue weighted by Gasteiger charge is -2.40. The van der Waals surface area contributed by atoms with E-state index >= 15 is 0 Å². The van der Waals surface area contributed by atoms with Gasteiger partial charge in [0.2, 0.25) is 0 Å². The van der Waals surface area contributed by atoms with Crippen LogP contribution in [-0.2, 0) is 6.42 Å². The second kappa shape index (κ2) is 4.01. The fraction of sp³-hybridized carbons (Fsp3) is 0.500. The summed E-state index contributed by atoms with van der Waals surface area (Å²) in [5.74, 6) is 0. The molecule has 0 amide bonds. The molecule has 2 rings (SSSR count). The van der Waals surface area contributed by atoms with E-state index in [0.29, 0.717) is 6.04 Å². The Hall–Kier alpha value is -1.02. The third-order valence-electron chi connectivity index (χ3n) is 2.99. The first-order chi connectivity index (χ1) is 6.81. The van der Waals surface area contributed by atoms with Crippen LogP contribution in [0.2, 0.25) is 0 Å². The molecule has 2 nitrogen and oxygen atoms in total. The summed E-state index contributed by atoms with van der Waals surface area (Å²) >= 11 is 0. The first-order valence-electron chi connectivity index (χ1n) is 5.27. The fourth-order valence-electron chi connectivity index (χ4n) is 1.88. The Morgan fingerprint density at radius 2 is 2.07 bits per heavy atom. The molecule has 1 N–H and O–H groups in total.